The zero-order valence-corrected chi connectivity index (χ0v) is 21.2. The van der Waals surface area contributed by atoms with E-state index in [4.69, 9.17) is 21.3 Å². The molecule has 1 saturated heterocycles. The van der Waals surface area contributed by atoms with Gasteiger partial charge in [0.15, 0.2) is 5.16 Å². The number of ether oxygens (including phenoxy) is 1. The Morgan fingerprint density at radius 2 is 1.80 bits per heavy atom. The predicted molar refractivity (Wildman–Crippen MR) is 141 cm³/mol. The van der Waals surface area contributed by atoms with Gasteiger partial charge in [-0.1, -0.05) is 35.5 Å². The summed E-state index contributed by atoms with van der Waals surface area (Å²) >= 11 is 7.88. The molecule has 2 fully saturated rings. The number of amides is 1. The van der Waals surface area contributed by atoms with E-state index in [2.05, 4.69) is 32.2 Å². The molecule has 1 saturated carbocycles. The van der Waals surface area contributed by atoms with E-state index in [1.54, 1.807) is 7.11 Å². The van der Waals surface area contributed by atoms with Gasteiger partial charge in [0.25, 0.3) is 5.91 Å². The molecule has 3 aromatic rings. The van der Waals surface area contributed by atoms with E-state index in [0.717, 1.165) is 56.2 Å². The number of benzene rings is 2. The molecule has 2 heterocycles. The molecule has 0 spiro atoms. The van der Waals surface area contributed by atoms with Crippen molar-refractivity contribution in [3.8, 4) is 5.75 Å². The minimum atomic E-state index is -0.00516. The van der Waals surface area contributed by atoms with Gasteiger partial charge in [-0.25, -0.2) is 9.97 Å². The average molecular weight is 510 g/mol. The van der Waals surface area contributed by atoms with Gasteiger partial charge in [-0.3, -0.25) is 4.79 Å². The number of aromatic nitrogens is 2. The molecule has 1 N–H and O–H groups in total. The first-order valence-corrected chi connectivity index (χ1v) is 13.1. The van der Waals surface area contributed by atoms with Crippen molar-refractivity contribution in [3.63, 3.8) is 0 Å². The lowest BCUT2D eigenvalue weighted by atomic mass is 10.1. The Labute approximate surface area is 214 Å². The van der Waals surface area contributed by atoms with Crippen LogP contribution in [0, 0.1) is 0 Å². The van der Waals surface area contributed by atoms with Gasteiger partial charge in [-0.2, -0.15) is 0 Å². The zero-order valence-electron chi connectivity index (χ0n) is 19.6. The highest BCUT2D eigenvalue weighted by molar-refractivity contribution is 7.98. The monoisotopic (exact) mass is 509 g/mol. The molecule has 7 nitrogen and oxygen atoms in total. The van der Waals surface area contributed by atoms with Crippen molar-refractivity contribution in [3.05, 3.63) is 70.9 Å². The van der Waals surface area contributed by atoms with E-state index >= 15 is 0 Å². The minimum absolute atomic E-state index is 0.00516. The Kier molecular flexibility index (Phi) is 7.29. The first-order valence-electron chi connectivity index (χ1n) is 11.8. The Bertz CT molecular complexity index is 1180. The van der Waals surface area contributed by atoms with Crippen LogP contribution in [0.1, 0.15) is 28.8 Å². The molecule has 9 heteroatoms. The number of anilines is 2. The molecular weight excluding hydrogens is 482 g/mol. The van der Waals surface area contributed by atoms with Crippen LogP contribution < -0.4 is 19.9 Å². The molecule has 2 aromatic carbocycles. The number of nitrogens with one attached hydrogen (secondary N) is 1. The number of hydrogen-bond acceptors (Lipinski definition) is 7. The molecule has 5 rings (SSSR count). The number of rotatable bonds is 8. The highest BCUT2D eigenvalue weighted by Crippen LogP contribution is 2.27. The first-order chi connectivity index (χ1) is 17.1. The van der Waals surface area contributed by atoms with Gasteiger partial charge in [0.05, 0.1) is 7.11 Å². The number of carbonyl (C=O) groups is 1. The van der Waals surface area contributed by atoms with E-state index in [9.17, 15) is 4.79 Å². The molecule has 1 aliphatic carbocycles. The summed E-state index contributed by atoms with van der Waals surface area (Å²) in [6.07, 6.45) is 2.15. The van der Waals surface area contributed by atoms with E-state index < -0.39 is 0 Å². The Hall–Kier alpha value is -2.97. The van der Waals surface area contributed by atoms with Crippen molar-refractivity contribution in [2.45, 2.75) is 29.8 Å². The van der Waals surface area contributed by atoms with Gasteiger partial charge in [0.1, 0.15) is 16.7 Å². The predicted octanol–water partition coefficient (Wildman–Crippen LogP) is 4.65. The summed E-state index contributed by atoms with van der Waals surface area (Å²) in [7, 11) is 1.68. The third-order valence-corrected chi connectivity index (χ3v) is 7.28. The van der Waals surface area contributed by atoms with Crippen LogP contribution in [0.5, 0.6) is 5.75 Å². The van der Waals surface area contributed by atoms with Crippen LogP contribution >= 0.6 is 23.4 Å². The zero-order chi connectivity index (χ0) is 24.2. The van der Waals surface area contributed by atoms with E-state index in [-0.39, 0.29) is 5.91 Å². The summed E-state index contributed by atoms with van der Waals surface area (Å²) in [4.78, 5) is 26.2. The molecular formula is C26H28ClN5O2S. The van der Waals surface area contributed by atoms with Crippen molar-refractivity contribution in [1.29, 1.82) is 0 Å². The van der Waals surface area contributed by atoms with Crippen LogP contribution in [-0.4, -0.2) is 55.2 Å². The van der Waals surface area contributed by atoms with E-state index in [1.807, 2.05) is 42.5 Å². The van der Waals surface area contributed by atoms with E-state index in [0.29, 0.717) is 27.7 Å². The number of piperazine rings is 1. The van der Waals surface area contributed by atoms with Gasteiger partial charge in [0, 0.05) is 55.3 Å². The minimum Gasteiger partial charge on any atom is -0.497 e. The van der Waals surface area contributed by atoms with Crippen LogP contribution in [0.15, 0.2) is 59.8 Å². The Morgan fingerprint density at radius 3 is 2.51 bits per heavy atom. The highest BCUT2D eigenvalue weighted by Gasteiger charge is 2.24. The third kappa shape index (κ3) is 6.18. The SMILES string of the molecule is COc1ccc(N2CCN(c3cc(Cl)nc(SCc4cccc(C(=O)NC5CC5)c4)n3)CC2)cc1. The molecule has 182 valence electrons. The lowest BCUT2D eigenvalue weighted by Gasteiger charge is -2.36. The van der Waals surface area contributed by atoms with Gasteiger partial charge in [-0.15, -0.1) is 0 Å². The summed E-state index contributed by atoms with van der Waals surface area (Å²) in [5.41, 5.74) is 2.93. The summed E-state index contributed by atoms with van der Waals surface area (Å²) in [6, 6.07) is 18.1. The second-order valence-electron chi connectivity index (χ2n) is 8.74. The third-order valence-electron chi connectivity index (χ3n) is 6.17. The van der Waals surface area contributed by atoms with Crippen LogP contribution in [0.2, 0.25) is 5.15 Å². The van der Waals surface area contributed by atoms with Crippen molar-refractivity contribution in [2.24, 2.45) is 0 Å². The molecule has 0 bridgehead atoms. The number of methoxy groups -OCH3 is 1. The maximum absolute atomic E-state index is 12.4. The smallest absolute Gasteiger partial charge is 0.251 e. The number of halogens is 1. The lowest BCUT2D eigenvalue weighted by molar-refractivity contribution is 0.0951. The van der Waals surface area contributed by atoms with Crippen LogP contribution in [0.25, 0.3) is 0 Å². The van der Waals surface area contributed by atoms with Crippen molar-refractivity contribution >= 4 is 40.8 Å². The number of thioether (sulfide) groups is 1. The molecule has 1 amide bonds. The lowest BCUT2D eigenvalue weighted by Crippen LogP contribution is -2.46. The van der Waals surface area contributed by atoms with Crippen molar-refractivity contribution < 1.29 is 9.53 Å². The van der Waals surface area contributed by atoms with Crippen LogP contribution in [0.4, 0.5) is 11.5 Å². The summed E-state index contributed by atoms with van der Waals surface area (Å²) in [6.45, 7) is 3.49. The van der Waals surface area contributed by atoms with Gasteiger partial charge >= 0.3 is 0 Å². The maximum atomic E-state index is 12.4. The first kappa shape index (κ1) is 23.8. The quantitative estimate of drug-likeness (QED) is 0.269. The topological polar surface area (TPSA) is 70.6 Å². The fourth-order valence-corrected chi connectivity index (χ4v) is 5.07. The largest absolute Gasteiger partial charge is 0.497 e. The second-order valence-corrected chi connectivity index (χ2v) is 10.1. The van der Waals surface area contributed by atoms with Crippen LogP contribution in [-0.2, 0) is 5.75 Å². The molecule has 1 aliphatic heterocycles. The highest BCUT2D eigenvalue weighted by atomic mass is 35.5. The van der Waals surface area contributed by atoms with Crippen molar-refractivity contribution in [1.82, 2.24) is 15.3 Å². The summed E-state index contributed by atoms with van der Waals surface area (Å²) < 4.78 is 5.26. The Morgan fingerprint density at radius 1 is 1.06 bits per heavy atom. The Balaban J connectivity index is 1.19. The van der Waals surface area contributed by atoms with Gasteiger partial charge < -0.3 is 19.9 Å². The average Bonchev–Trinajstić information content (AvgIpc) is 3.71. The molecule has 0 atom stereocenters. The van der Waals surface area contributed by atoms with Gasteiger partial charge in [0.2, 0.25) is 0 Å². The molecule has 0 radical (unpaired) electrons. The fourth-order valence-electron chi connectivity index (χ4n) is 4.05. The summed E-state index contributed by atoms with van der Waals surface area (Å²) in [5.74, 6) is 2.37. The molecule has 35 heavy (non-hydrogen) atoms. The molecule has 0 unspecified atom stereocenters. The van der Waals surface area contributed by atoms with Crippen molar-refractivity contribution in [2.75, 3.05) is 43.1 Å². The summed E-state index contributed by atoms with van der Waals surface area (Å²) in [5, 5.41) is 4.11. The number of carbonyl (C=O) groups excluding carboxylic acids is 1. The van der Waals surface area contributed by atoms with E-state index in [1.165, 1.54) is 17.4 Å². The number of hydrogen-bond donors (Lipinski definition) is 1. The second kappa shape index (κ2) is 10.7. The maximum Gasteiger partial charge on any atom is 0.251 e. The normalized spacial score (nSPS) is 15.7. The number of nitrogens with zero attached hydrogens (tertiary/aromatic N) is 4. The van der Waals surface area contributed by atoms with Gasteiger partial charge in [-0.05, 0) is 54.8 Å². The fraction of sp³-hybridized carbons (Fsp3) is 0.346. The molecule has 1 aromatic heterocycles. The molecule has 2 aliphatic rings. The standard InChI is InChI=1S/C26H28ClN5O2S/c1-34-22-9-7-21(8-10-22)31-11-13-32(14-12-31)24-16-23(27)29-26(30-24)35-17-18-3-2-4-19(15-18)25(33)28-20-5-6-20/h2-4,7-10,15-16,20H,5-6,11-14,17H2,1H3,(H,28,33). The van der Waals surface area contributed by atoms with Crippen LogP contribution in [0.3, 0.4) is 0 Å².